The molecule has 0 bridgehead atoms. The van der Waals surface area contributed by atoms with Crippen LogP contribution in [0.5, 0.6) is 0 Å². The lowest BCUT2D eigenvalue weighted by Gasteiger charge is -2.35. The zero-order valence-electron chi connectivity index (χ0n) is 16.9. The van der Waals surface area contributed by atoms with Crippen molar-refractivity contribution in [2.75, 3.05) is 0 Å². The van der Waals surface area contributed by atoms with Gasteiger partial charge in [-0.3, -0.25) is 9.78 Å². The first-order valence-corrected chi connectivity index (χ1v) is 10.5. The largest absolute Gasteiger partial charge is 0.450 e. The average Bonchev–Trinajstić information content (AvgIpc) is 3.35. The van der Waals surface area contributed by atoms with Crippen LogP contribution in [0, 0.1) is 5.82 Å². The minimum atomic E-state index is -0.630. The van der Waals surface area contributed by atoms with E-state index in [-0.39, 0.29) is 23.3 Å². The highest BCUT2D eigenvalue weighted by molar-refractivity contribution is 5.94. The van der Waals surface area contributed by atoms with Gasteiger partial charge >= 0.3 is 5.97 Å². The molecule has 4 aromatic rings. The zero-order valence-corrected chi connectivity index (χ0v) is 16.9. The van der Waals surface area contributed by atoms with Crippen LogP contribution in [0.2, 0.25) is 0 Å². The van der Waals surface area contributed by atoms with Crippen LogP contribution in [-0.2, 0) is 10.3 Å². The van der Waals surface area contributed by atoms with Gasteiger partial charge in [0.2, 0.25) is 0 Å². The molecule has 160 valence electrons. The molecule has 32 heavy (non-hydrogen) atoms. The van der Waals surface area contributed by atoms with Crippen LogP contribution in [-0.4, -0.2) is 30.9 Å². The number of halogens is 1. The molecule has 2 N–H and O–H groups in total. The number of esters is 1. The minimum Gasteiger partial charge on any atom is -0.450 e. The molecule has 1 aliphatic carbocycles. The van der Waals surface area contributed by atoms with Crippen LogP contribution in [0.25, 0.3) is 22.6 Å². The highest BCUT2D eigenvalue weighted by Gasteiger charge is 2.48. The summed E-state index contributed by atoms with van der Waals surface area (Å²) in [7, 11) is 0. The van der Waals surface area contributed by atoms with E-state index in [4.69, 9.17) is 4.74 Å². The summed E-state index contributed by atoms with van der Waals surface area (Å²) >= 11 is 0. The van der Waals surface area contributed by atoms with Crippen LogP contribution >= 0.6 is 0 Å². The molecule has 0 saturated heterocycles. The van der Waals surface area contributed by atoms with Crippen molar-refractivity contribution in [3.05, 3.63) is 75.8 Å². The predicted molar refractivity (Wildman–Crippen MR) is 112 cm³/mol. The maximum atomic E-state index is 13.2. The van der Waals surface area contributed by atoms with E-state index >= 15 is 0 Å². The van der Waals surface area contributed by atoms with Crippen molar-refractivity contribution < 1.29 is 13.9 Å². The summed E-state index contributed by atoms with van der Waals surface area (Å²) in [4.78, 5) is 44.0. The lowest BCUT2D eigenvalue weighted by atomic mass is 9.75. The SMILES string of the molecule is O=C1OC2(CCC(c3nc4nc(-c5ccc(F)cc5)[nH]c(=O)c4[nH]3)CC2)c2cnccc21. The fourth-order valence-corrected chi connectivity index (χ4v) is 4.81. The van der Waals surface area contributed by atoms with Gasteiger partial charge in [0, 0.05) is 29.4 Å². The molecular formula is C23H18FN5O3. The van der Waals surface area contributed by atoms with E-state index in [1.807, 2.05) is 0 Å². The molecule has 1 spiro atoms. The van der Waals surface area contributed by atoms with Crippen molar-refractivity contribution in [3.63, 3.8) is 0 Å². The van der Waals surface area contributed by atoms with Gasteiger partial charge in [-0.2, -0.15) is 0 Å². The number of benzene rings is 1. The Morgan fingerprint density at radius 1 is 1.03 bits per heavy atom. The summed E-state index contributed by atoms with van der Waals surface area (Å²) in [6, 6.07) is 7.45. The normalized spacial score (nSPS) is 22.3. The first-order valence-electron chi connectivity index (χ1n) is 10.5. The number of aromatic amines is 2. The molecule has 0 radical (unpaired) electrons. The van der Waals surface area contributed by atoms with E-state index in [1.54, 1.807) is 30.6 Å². The number of imidazole rings is 1. The van der Waals surface area contributed by atoms with Gasteiger partial charge in [-0.15, -0.1) is 0 Å². The highest BCUT2D eigenvalue weighted by atomic mass is 19.1. The Bertz CT molecular complexity index is 1420. The Hall–Kier alpha value is -3.88. The highest BCUT2D eigenvalue weighted by Crippen LogP contribution is 2.49. The molecule has 2 aliphatic rings. The van der Waals surface area contributed by atoms with Crippen molar-refractivity contribution in [1.29, 1.82) is 0 Å². The van der Waals surface area contributed by atoms with Gasteiger partial charge in [-0.05, 0) is 56.0 Å². The van der Waals surface area contributed by atoms with Crippen LogP contribution < -0.4 is 5.56 Å². The van der Waals surface area contributed by atoms with Crippen molar-refractivity contribution in [3.8, 4) is 11.4 Å². The number of hydrogen-bond donors (Lipinski definition) is 2. The summed E-state index contributed by atoms with van der Waals surface area (Å²) < 4.78 is 19.0. The Morgan fingerprint density at radius 3 is 2.59 bits per heavy atom. The number of ether oxygens (including phenoxy) is 1. The molecule has 1 aliphatic heterocycles. The van der Waals surface area contributed by atoms with Crippen molar-refractivity contribution in [2.45, 2.75) is 37.2 Å². The Morgan fingerprint density at radius 2 is 1.81 bits per heavy atom. The van der Waals surface area contributed by atoms with Crippen molar-refractivity contribution in [1.82, 2.24) is 24.9 Å². The summed E-state index contributed by atoms with van der Waals surface area (Å²) in [5.74, 6) is 0.460. The molecule has 0 amide bonds. The van der Waals surface area contributed by atoms with Crippen LogP contribution in [0.3, 0.4) is 0 Å². The van der Waals surface area contributed by atoms with Crippen LogP contribution in [0.4, 0.5) is 4.39 Å². The molecule has 6 rings (SSSR count). The molecule has 1 aromatic carbocycles. The number of carbonyl (C=O) groups is 1. The number of fused-ring (bicyclic) bond motifs is 3. The second-order valence-electron chi connectivity index (χ2n) is 8.32. The molecule has 1 fully saturated rings. The zero-order chi connectivity index (χ0) is 21.9. The monoisotopic (exact) mass is 431 g/mol. The summed E-state index contributed by atoms with van der Waals surface area (Å²) in [6.45, 7) is 0. The van der Waals surface area contributed by atoms with Gasteiger partial charge in [-0.25, -0.2) is 19.2 Å². The Labute approximate surface area is 180 Å². The number of nitrogens with zero attached hydrogens (tertiary/aromatic N) is 3. The standard InChI is InChI=1S/C23H18FN5O3/c24-14-3-1-12(2-4-14)19-28-20-17(21(30)29-19)26-18(27-20)13-5-8-23(9-6-13)16-11-25-10-7-15(16)22(31)32-23/h1-4,7,10-11,13H,5-6,8-9H2,(H2,26,27,28,29,30). The second kappa shape index (κ2) is 6.81. The molecule has 4 heterocycles. The smallest absolute Gasteiger partial charge is 0.339 e. The predicted octanol–water partition coefficient (Wildman–Crippen LogP) is 3.57. The maximum Gasteiger partial charge on any atom is 0.339 e. The topological polar surface area (TPSA) is 114 Å². The first-order chi connectivity index (χ1) is 15.5. The van der Waals surface area contributed by atoms with E-state index in [9.17, 15) is 14.0 Å². The van der Waals surface area contributed by atoms with Gasteiger partial charge < -0.3 is 14.7 Å². The van der Waals surface area contributed by atoms with Gasteiger partial charge in [0.1, 0.15) is 23.1 Å². The quantitative estimate of drug-likeness (QED) is 0.469. The number of nitrogens with one attached hydrogen (secondary N) is 2. The number of rotatable bonds is 2. The van der Waals surface area contributed by atoms with E-state index in [2.05, 4.69) is 24.9 Å². The third-order valence-corrected chi connectivity index (χ3v) is 6.50. The minimum absolute atomic E-state index is 0.0860. The average molecular weight is 431 g/mol. The third-order valence-electron chi connectivity index (χ3n) is 6.50. The van der Waals surface area contributed by atoms with E-state index in [1.165, 1.54) is 12.1 Å². The summed E-state index contributed by atoms with van der Waals surface area (Å²) in [6.07, 6.45) is 6.12. The lowest BCUT2D eigenvalue weighted by Crippen LogP contribution is -2.31. The van der Waals surface area contributed by atoms with Gasteiger partial charge in [0.15, 0.2) is 11.2 Å². The van der Waals surface area contributed by atoms with E-state index < -0.39 is 5.60 Å². The molecule has 0 atom stereocenters. The maximum absolute atomic E-state index is 13.2. The Kier molecular flexibility index (Phi) is 4.01. The Balaban J connectivity index is 1.29. The van der Waals surface area contributed by atoms with Gasteiger partial charge in [0.25, 0.3) is 5.56 Å². The van der Waals surface area contributed by atoms with Crippen molar-refractivity contribution >= 4 is 17.1 Å². The molecule has 8 nitrogen and oxygen atoms in total. The number of carbonyl (C=O) groups excluding carboxylic acids is 1. The molecule has 3 aromatic heterocycles. The van der Waals surface area contributed by atoms with Crippen LogP contribution in [0.1, 0.15) is 53.3 Å². The number of aromatic nitrogens is 5. The molecule has 9 heteroatoms. The third kappa shape index (κ3) is 2.84. The van der Waals surface area contributed by atoms with E-state index in [0.717, 1.165) is 18.4 Å². The fourth-order valence-electron chi connectivity index (χ4n) is 4.81. The lowest BCUT2D eigenvalue weighted by molar-refractivity contribution is -0.0313. The first kappa shape index (κ1) is 18.9. The molecule has 0 unspecified atom stereocenters. The number of pyridine rings is 1. The summed E-state index contributed by atoms with van der Waals surface area (Å²) in [5.41, 5.74) is 1.73. The fraction of sp³-hybridized carbons (Fsp3) is 0.261. The summed E-state index contributed by atoms with van der Waals surface area (Å²) in [5, 5.41) is 0. The molecular weight excluding hydrogens is 413 g/mol. The van der Waals surface area contributed by atoms with E-state index in [0.29, 0.717) is 46.8 Å². The van der Waals surface area contributed by atoms with Crippen LogP contribution in [0.15, 0.2) is 47.5 Å². The number of hydrogen-bond acceptors (Lipinski definition) is 6. The molecule has 1 saturated carbocycles. The van der Waals surface area contributed by atoms with Gasteiger partial charge in [0.05, 0.1) is 5.56 Å². The van der Waals surface area contributed by atoms with Crippen molar-refractivity contribution in [2.24, 2.45) is 0 Å². The van der Waals surface area contributed by atoms with Gasteiger partial charge in [-0.1, -0.05) is 0 Å². The second-order valence-corrected chi connectivity index (χ2v) is 8.32. The number of H-pyrrole nitrogens is 2.